The van der Waals surface area contributed by atoms with Crippen molar-refractivity contribution in [2.75, 3.05) is 0 Å². The average molecular weight is 421 g/mol. The second-order valence-electron chi connectivity index (χ2n) is 1.73. The Kier molecular flexibility index (Phi) is 13.4. The molecule has 2 heteroatoms. The first-order valence-electron chi connectivity index (χ1n) is 2.63. The first-order chi connectivity index (χ1) is 3.00. The molecule has 0 unspecified atom stereocenters. The number of rotatable bonds is 0. The van der Waals surface area contributed by atoms with Crippen LogP contribution in [0.3, 0.4) is 0 Å². The van der Waals surface area contributed by atoms with E-state index in [1.54, 1.807) is 0 Å². The third kappa shape index (κ3) is 5.81. The van der Waals surface area contributed by atoms with Crippen LogP contribution in [0.4, 0.5) is 0 Å². The zero-order chi connectivity index (χ0) is 4.24. The maximum atomic E-state index is 2.36. The molecule has 1 aliphatic rings. The predicted molar refractivity (Wildman–Crippen MR) is 27.1 cm³/mol. The fraction of sp³-hybridized carbons (Fsp3) is 0.667. The van der Waals surface area contributed by atoms with Gasteiger partial charge in [0.1, 0.15) is 0 Å². The van der Waals surface area contributed by atoms with Crippen molar-refractivity contribution in [3.8, 4) is 0 Å². The molecule has 0 heterocycles. The van der Waals surface area contributed by atoms with Gasteiger partial charge in [-0.15, -0.1) is 0 Å². The smallest absolute Gasteiger partial charge is 0.333 e. The van der Waals surface area contributed by atoms with Crippen LogP contribution < -0.4 is 0 Å². The summed E-state index contributed by atoms with van der Waals surface area (Å²) in [7, 11) is 0. The summed E-state index contributed by atoms with van der Waals surface area (Å²) < 4.78 is 0. The van der Waals surface area contributed by atoms with Gasteiger partial charge in [0, 0.05) is 31.1 Å². The minimum Gasteiger partial charge on any atom is -0.333 e. The molecule has 0 nitrogen and oxygen atoms in total. The first kappa shape index (κ1) is 12.4. The van der Waals surface area contributed by atoms with Crippen molar-refractivity contribution in [3.05, 3.63) is 12.8 Å². The zero-order valence-corrected chi connectivity index (χ0v) is 10.7. The molecule has 0 N–H and O–H groups in total. The third-order valence-corrected chi connectivity index (χ3v) is 1.15. The van der Waals surface area contributed by atoms with Crippen LogP contribution in [0, 0.1) is 44.0 Å². The molecule has 0 bridgehead atoms. The Morgan fingerprint density at radius 2 is 1.00 bits per heavy atom. The molecule has 1 fully saturated rings. The first-order valence-corrected chi connectivity index (χ1v) is 2.63. The maximum Gasteiger partial charge on any atom is 1.00 e. The fourth-order valence-electron chi connectivity index (χ4n) is 0.760. The topological polar surface area (TPSA) is 0 Å². The average Bonchev–Trinajstić information content (AvgIpc) is 1.72. The van der Waals surface area contributed by atoms with E-state index in [1.807, 2.05) is 0 Å². The van der Waals surface area contributed by atoms with Crippen LogP contribution in [-0.2, 0) is 19.5 Å². The van der Waals surface area contributed by atoms with Crippen LogP contribution >= 0.6 is 0 Å². The van der Waals surface area contributed by atoms with Crippen LogP contribution in [0.1, 0.15) is 25.7 Å². The van der Waals surface area contributed by atoms with Gasteiger partial charge in [0.15, 0.2) is 0 Å². The molecule has 1 radical (unpaired) electrons. The fourth-order valence-corrected chi connectivity index (χ4v) is 0.760. The van der Waals surface area contributed by atoms with Crippen molar-refractivity contribution in [3.63, 3.8) is 0 Å². The summed E-state index contributed by atoms with van der Waals surface area (Å²) in [4.78, 5) is 0. The Morgan fingerprint density at radius 1 is 0.750 bits per heavy atom. The van der Waals surface area contributed by atoms with Gasteiger partial charge in [-0.25, -0.2) is 25.7 Å². The molecule has 0 saturated heterocycles. The zero-order valence-electron chi connectivity index (χ0n) is 4.84. The van der Waals surface area contributed by atoms with Crippen LogP contribution in [0.25, 0.3) is 0 Å². The maximum absolute atomic E-state index is 2.36. The van der Waals surface area contributed by atoms with Crippen molar-refractivity contribution in [2.45, 2.75) is 25.7 Å². The Labute approximate surface area is 88.3 Å². The van der Waals surface area contributed by atoms with Gasteiger partial charge in [-0.3, -0.25) is 0 Å². The molecule has 0 aromatic carbocycles. The molecule has 8 heavy (non-hydrogen) atoms. The van der Waals surface area contributed by atoms with Crippen molar-refractivity contribution >= 4 is 0 Å². The van der Waals surface area contributed by atoms with Crippen molar-refractivity contribution in [2.24, 2.45) is 0 Å². The minimum atomic E-state index is 0. The van der Waals surface area contributed by atoms with E-state index in [-0.39, 0.29) is 50.6 Å². The van der Waals surface area contributed by atoms with Crippen LogP contribution in [0.5, 0.6) is 0 Å². The second-order valence-corrected chi connectivity index (χ2v) is 1.73. The standard InChI is InChI=1S/C6H10.Ru.U/c1-2-4-6-5-3-1;;/h1,6H,2-5H2;;/q-2;+1;. The van der Waals surface area contributed by atoms with Crippen LogP contribution in [-0.4, -0.2) is 0 Å². The second kappa shape index (κ2) is 8.68. The SMILES string of the molecule is [CH-]1CC[CH-]CC1.[Ru+].[U]. The Morgan fingerprint density at radius 3 is 1.12 bits per heavy atom. The van der Waals surface area contributed by atoms with Gasteiger partial charge in [0.25, 0.3) is 0 Å². The number of hydrogen-bond acceptors (Lipinski definition) is 0. The van der Waals surface area contributed by atoms with E-state index < -0.39 is 0 Å². The molecule has 0 spiro atoms. The summed E-state index contributed by atoms with van der Waals surface area (Å²) >= 11 is 0. The van der Waals surface area contributed by atoms with Gasteiger partial charge < -0.3 is 12.8 Å². The van der Waals surface area contributed by atoms with E-state index in [9.17, 15) is 0 Å². The van der Waals surface area contributed by atoms with Gasteiger partial charge in [0.05, 0.1) is 0 Å². The summed E-state index contributed by atoms with van der Waals surface area (Å²) in [5, 5.41) is 0. The summed E-state index contributed by atoms with van der Waals surface area (Å²) in [6, 6.07) is 0. The molecule has 1 aliphatic carbocycles. The molecule has 1 saturated carbocycles. The molecule has 47 valence electrons. The van der Waals surface area contributed by atoms with Crippen molar-refractivity contribution in [1.82, 2.24) is 0 Å². The monoisotopic (exact) mass is 422 g/mol. The van der Waals surface area contributed by atoms with Gasteiger partial charge in [-0.1, -0.05) is 0 Å². The van der Waals surface area contributed by atoms with Crippen molar-refractivity contribution < 1.29 is 50.6 Å². The van der Waals surface area contributed by atoms with Gasteiger partial charge >= 0.3 is 19.5 Å². The quantitative estimate of drug-likeness (QED) is 0.415. The molecule has 1 rings (SSSR count). The van der Waals surface area contributed by atoms with E-state index in [1.165, 1.54) is 25.7 Å². The van der Waals surface area contributed by atoms with Gasteiger partial charge in [0.2, 0.25) is 0 Å². The van der Waals surface area contributed by atoms with Crippen LogP contribution in [0.2, 0.25) is 0 Å². The molecule has 0 aromatic rings. The van der Waals surface area contributed by atoms with E-state index in [2.05, 4.69) is 12.8 Å². The molecular weight excluding hydrogens is 411 g/mol. The predicted octanol–water partition coefficient (Wildman–Crippen LogP) is 1.97. The summed E-state index contributed by atoms with van der Waals surface area (Å²) in [5.74, 6) is 0. The summed E-state index contributed by atoms with van der Waals surface area (Å²) in [5.41, 5.74) is 0. The molecule has 0 aliphatic heterocycles. The van der Waals surface area contributed by atoms with Crippen molar-refractivity contribution in [1.29, 1.82) is 0 Å². The van der Waals surface area contributed by atoms with E-state index in [0.29, 0.717) is 0 Å². The van der Waals surface area contributed by atoms with E-state index in [0.717, 1.165) is 0 Å². The molecular formula is C6H10RuU-. The number of hydrogen-bond donors (Lipinski definition) is 0. The summed E-state index contributed by atoms with van der Waals surface area (Å²) in [6.45, 7) is 0. The Bertz CT molecular complexity index is 24.0. The molecule has 0 atom stereocenters. The van der Waals surface area contributed by atoms with Crippen LogP contribution in [0.15, 0.2) is 0 Å². The normalized spacial score (nSPS) is 18.0. The van der Waals surface area contributed by atoms with Gasteiger partial charge in [-0.05, 0) is 0 Å². The largest absolute Gasteiger partial charge is 1.00 e. The molecule has 0 aromatic heterocycles. The van der Waals surface area contributed by atoms with Gasteiger partial charge in [-0.2, -0.15) is 0 Å². The minimum absolute atomic E-state index is 0. The van der Waals surface area contributed by atoms with E-state index in [4.69, 9.17) is 0 Å². The van der Waals surface area contributed by atoms with E-state index >= 15 is 0 Å². The molecule has 0 amide bonds. The Hall–Kier alpha value is 1.68. The Balaban J connectivity index is 0. The third-order valence-electron chi connectivity index (χ3n) is 1.15. The summed E-state index contributed by atoms with van der Waals surface area (Å²) in [6.07, 6.45) is 10.0.